The summed E-state index contributed by atoms with van der Waals surface area (Å²) in [4.78, 5) is 13.4. The summed E-state index contributed by atoms with van der Waals surface area (Å²) in [5.74, 6) is 1.21. The van der Waals surface area contributed by atoms with Gasteiger partial charge in [0.25, 0.3) is 5.91 Å². The van der Waals surface area contributed by atoms with Crippen molar-refractivity contribution in [3.8, 4) is 11.5 Å². The Labute approximate surface area is 181 Å². The number of methoxy groups -OCH3 is 2. The van der Waals surface area contributed by atoms with Gasteiger partial charge in [-0.05, 0) is 42.7 Å². The molecule has 4 rings (SSSR count). The Bertz CT molecular complexity index is 1040. The number of hydrogen-bond donors (Lipinski definition) is 1. The van der Waals surface area contributed by atoms with Crippen LogP contribution in [-0.4, -0.2) is 30.7 Å². The maximum absolute atomic E-state index is 13.4. The number of aromatic nitrogens is 1. The van der Waals surface area contributed by atoms with E-state index in [-0.39, 0.29) is 11.9 Å². The van der Waals surface area contributed by atoms with Gasteiger partial charge in [0, 0.05) is 34.6 Å². The second-order valence-electron chi connectivity index (χ2n) is 7.83. The lowest BCUT2D eigenvalue weighted by molar-refractivity contribution is 0.0920. The van der Waals surface area contributed by atoms with Crippen LogP contribution < -0.4 is 14.8 Å². The predicted octanol–water partition coefficient (Wildman–Crippen LogP) is 5.42. The first kappa shape index (κ1) is 20.6. The molecule has 1 aromatic heterocycles. The number of rotatable bonds is 6. The van der Waals surface area contributed by atoms with Crippen LogP contribution in [0.25, 0.3) is 10.8 Å². The molecule has 158 valence electrons. The minimum atomic E-state index is -0.0434. The molecule has 1 saturated carbocycles. The van der Waals surface area contributed by atoms with E-state index in [0.717, 1.165) is 29.2 Å². The van der Waals surface area contributed by atoms with Crippen LogP contribution in [0.2, 0.25) is 5.02 Å². The molecule has 1 aliphatic rings. The maximum Gasteiger partial charge on any atom is 0.268 e. The zero-order chi connectivity index (χ0) is 21.1. The van der Waals surface area contributed by atoms with Crippen LogP contribution in [-0.2, 0) is 6.54 Å². The summed E-state index contributed by atoms with van der Waals surface area (Å²) in [6.07, 6.45) is 7.67. The fourth-order valence-electron chi connectivity index (χ4n) is 4.26. The molecule has 0 bridgehead atoms. The molecule has 3 aromatic rings. The van der Waals surface area contributed by atoms with Crippen molar-refractivity contribution in [1.29, 1.82) is 0 Å². The van der Waals surface area contributed by atoms with Crippen molar-refractivity contribution in [2.45, 2.75) is 44.7 Å². The van der Waals surface area contributed by atoms with Gasteiger partial charge in [-0.2, -0.15) is 0 Å². The van der Waals surface area contributed by atoms with Gasteiger partial charge in [0.1, 0.15) is 5.69 Å². The van der Waals surface area contributed by atoms with Crippen molar-refractivity contribution in [3.05, 3.63) is 58.9 Å². The normalized spacial score (nSPS) is 14.6. The largest absolute Gasteiger partial charge is 0.493 e. The van der Waals surface area contributed by atoms with Gasteiger partial charge in [0.2, 0.25) is 0 Å². The predicted molar refractivity (Wildman–Crippen MR) is 120 cm³/mol. The van der Waals surface area contributed by atoms with E-state index in [2.05, 4.69) is 5.32 Å². The highest BCUT2D eigenvalue weighted by atomic mass is 35.5. The molecule has 1 heterocycles. The van der Waals surface area contributed by atoms with Crippen LogP contribution in [0, 0.1) is 0 Å². The molecule has 2 aromatic carbocycles. The number of hydrogen-bond acceptors (Lipinski definition) is 3. The number of carbonyl (C=O) groups excluding carboxylic acids is 1. The third-order valence-corrected chi connectivity index (χ3v) is 6.07. The van der Waals surface area contributed by atoms with Crippen LogP contribution in [0.1, 0.15) is 48.2 Å². The highest BCUT2D eigenvalue weighted by molar-refractivity contribution is 6.30. The zero-order valence-corrected chi connectivity index (χ0v) is 18.2. The molecule has 0 spiro atoms. The summed E-state index contributed by atoms with van der Waals surface area (Å²) in [7, 11) is 3.22. The summed E-state index contributed by atoms with van der Waals surface area (Å²) in [5.41, 5.74) is 1.72. The molecule has 6 heteroatoms. The van der Waals surface area contributed by atoms with Crippen LogP contribution >= 0.6 is 11.6 Å². The van der Waals surface area contributed by atoms with E-state index in [1.54, 1.807) is 14.2 Å². The van der Waals surface area contributed by atoms with Gasteiger partial charge >= 0.3 is 0 Å². The van der Waals surface area contributed by atoms with E-state index in [1.165, 1.54) is 19.3 Å². The van der Waals surface area contributed by atoms with Crippen molar-refractivity contribution in [1.82, 2.24) is 9.88 Å². The lowest BCUT2D eigenvalue weighted by atomic mass is 9.95. The molecule has 30 heavy (non-hydrogen) atoms. The van der Waals surface area contributed by atoms with E-state index in [1.807, 2.05) is 47.2 Å². The lowest BCUT2D eigenvalue weighted by Gasteiger charge is -2.23. The first-order chi connectivity index (χ1) is 14.6. The molecule has 0 aliphatic heterocycles. The van der Waals surface area contributed by atoms with Crippen LogP contribution in [0.5, 0.6) is 11.5 Å². The van der Waals surface area contributed by atoms with Crippen LogP contribution in [0.3, 0.4) is 0 Å². The molecule has 0 unspecified atom stereocenters. The fourth-order valence-corrected chi connectivity index (χ4v) is 4.38. The number of ether oxygens (including phenoxy) is 2. The highest BCUT2D eigenvalue weighted by Gasteiger charge is 2.23. The first-order valence-electron chi connectivity index (χ1n) is 10.4. The van der Waals surface area contributed by atoms with E-state index in [0.29, 0.717) is 28.8 Å². The lowest BCUT2D eigenvalue weighted by Crippen LogP contribution is -2.37. The summed E-state index contributed by atoms with van der Waals surface area (Å²) >= 11 is 6.04. The Hall–Kier alpha value is -2.66. The Morgan fingerprint density at radius 1 is 1.07 bits per heavy atom. The van der Waals surface area contributed by atoms with Gasteiger partial charge in [-0.15, -0.1) is 0 Å². The van der Waals surface area contributed by atoms with Gasteiger partial charge in [0.15, 0.2) is 11.5 Å². The summed E-state index contributed by atoms with van der Waals surface area (Å²) in [6, 6.07) is 11.8. The van der Waals surface area contributed by atoms with Gasteiger partial charge in [0.05, 0.1) is 14.2 Å². The number of carbonyl (C=O) groups is 1. The molecule has 0 saturated heterocycles. The van der Waals surface area contributed by atoms with Gasteiger partial charge in [-0.1, -0.05) is 43.0 Å². The minimum absolute atomic E-state index is 0.0434. The SMILES string of the molecule is COc1cc2cn(Cc3ccc(Cl)cc3)c(C(=O)NC3CCCCC3)c2cc1OC. The highest BCUT2D eigenvalue weighted by Crippen LogP contribution is 2.35. The summed E-state index contributed by atoms with van der Waals surface area (Å²) in [5, 5.41) is 5.75. The van der Waals surface area contributed by atoms with Crippen LogP contribution in [0.4, 0.5) is 0 Å². The number of fused-ring (bicyclic) bond motifs is 1. The standard InChI is InChI=1S/C24H27ClN2O3/c1-29-21-12-17-15-27(14-16-8-10-18(25)11-9-16)23(20(17)13-22(21)30-2)24(28)26-19-6-4-3-5-7-19/h8-13,15,19H,3-7,14H2,1-2H3,(H,26,28). The average Bonchev–Trinajstić information content (AvgIpc) is 3.11. The van der Waals surface area contributed by atoms with E-state index in [9.17, 15) is 4.79 Å². The quantitative estimate of drug-likeness (QED) is 0.572. The van der Waals surface area contributed by atoms with E-state index >= 15 is 0 Å². The Morgan fingerprint density at radius 3 is 2.40 bits per heavy atom. The monoisotopic (exact) mass is 426 g/mol. The Balaban J connectivity index is 1.76. The zero-order valence-electron chi connectivity index (χ0n) is 17.4. The number of benzene rings is 2. The van der Waals surface area contributed by atoms with Crippen molar-refractivity contribution < 1.29 is 14.3 Å². The molecule has 5 nitrogen and oxygen atoms in total. The van der Waals surface area contributed by atoms with Gasteiger partial charge in [-0.25, -0.2) is 0 Å². The van der Waals surface area contributed by atoms with Crippen molar-refractivity contribution in [2.75, 3.05) is 14.2 Å². The van der Waals surface area contributed by atoms with Gasteiger partial charge in [-0.3, -0.25) is 4.79 Å². The molecule has 0 radical (unpaired) electrons. The molecule has 1 aliphatic carbocycles. The second-order valence-corrected chi connectivity index (χ2v) is 8.27. The van der Waals surface area contributed by atoms with E-state index in [4.69, 9.17) is 21.1 Å². The Morgan fingerprint density at radius 2 is 1.73 bits per heavy atom. The Kier molecular flexibility index (Phi) is 6.18. The third kappa shape index (κ3) is 4.26. The minimum Gasteiger partial charge on any atom is -0.493 e. The summed E-state index contributed by atoms with van der Waals surface area (Å²) < 4.78 is 13.0. The maximum atomic E-state index is 13.4. The molecule has 1 amide bonds. The second kappa shape index (κ2) is 9.00. The number of nitrogens with one attached hydrogen (secondary N) is 1. The van der Waals surface area contributed by atoms with E-state index < -0.39 is 0 Å². The smallest absolute Gasteiger partial charge is 0.268 e. The molecule has 1 N–H and O–H groups in total. The van der Waals surface area contributed by atoms with Crippen molar-refractivity contribution in [3.63, 3.8) is 0 Å². The fraction of sp³-hybridized carbons (Fsp3) is 0.375. The molecule has 1 fully saturated rings. The van der Waals surface area contributed by atoms with Crippen molar-refractivity contribution >= 4 is 28.3 Å². The average molecular weight is 427 g/mol. The third-order valence-electron chi connectivity index (χ3n) is 5.81. The molecular formula is C24H27ClN2O3. The summed E-state index contributed by atoms with van der Waals surface area (Å²) in [6.45, 7) is 0.573. The van der Waals surface area contributed by atoms with Gasteiger partial charge < -0.3 is 19.4 Å². The topological polar surface area (TPSA) is 52.5 Å². The first-order valence-corrected chi connectivity index (χ1v) is 10.8. The molecular weight excluding hydrogens is 400 g/mol. The van der Waals surface area contributed by atoms with Crippen LogP contribution in [0.15, 0.2) is 42.6 Å². The molecule has 0 atom stereocenters. The number of amides is 1. The number of halogens is 1. The number of nitrogens with zero attached hydrogens (tertiary/aromatic N) is 1. The van der Waals surface area contributed by atoms with Crippen molar-refractivity contribution in [2.24, 2.45) is 0 Å².